The van der Waals surface area contributed by atoms with Crippen LogP contribution < -0.4 is 4.74 Å². The standard InChI is InChI=1S/C24H25F4NO/c1-2-16-3-5-17(6-4-16)7-8-18-9-11-19(12-10-18)24(27,28)30-20-13-22(25)21(15-29)23(26)14-20/h9-14,16-17H,2-8H2,1H3/t16-,17-. The Hall–Kier alpha value is -2.55. The minimum Gasteiger partial charge on any atom is -0.429 e. The zero-order valence-corrected chi connectivity index (χ0v) is 16.9. The summed E-state index contributed by atoms with van der Waals surface area (Å²) in [6.45, 7) is 2.24. The van der Waals surface area contributed by atoms with E-state index in [0.717, 1.165) is 24.3 Å². The number of alkyl halides is 2. The second-order valence-electron chi connectivity index (χ2n) is 8.02. The van der Waals surface area contributed by atoms with Gasteiger partial charge in [-0.2, -0.15) is 14.0 Å². The Labute approximate surface area is 174 Å². The molecule has 160 valence electrons. The second-order valence-corrected chi connectivity index (χ2v) is 8.02. The Bertz CT molecular complexity index is 873. The molecule has 0 amide bonds. The van der Waals surface area contributed by atoms with E-state index in [-0.39, 0.29) is 0 Å². The molecule has 2 nitrogen and oxygen atoms in total. The number of hydrogen-bond donors (Lipinski definition) is 0. The Morgan fingerprint density at radius 1 is 1.00 bits per heavy atom. The predicted molar refractivity (Wildman–Crippen MR) is 106 cm³/mol. The summed E-state index contributed by atoms with van der Waals surface area (Å²) in [5.41, 5.74) is -0.263. The van der Waals surface area contributed by atoms with Gasteiger partial charge in [0.05, 0.1) is 5.56 Å². The number of benzene rings is 2. The van der Waals surface area contributed by atoms with Crippen LogP contribution in [0.25, 0.3) is 0 Å². The lowest BCUT2D eigenvalue weighted by Crippen LogP contribution is -2.22. The fourth-order valence-electron chi connectivity index (χ4n) is 4.09. The van der Waals surface area contributed by atoms with Gasteiger partial charge >= 0.3 is 6.11 Å². The molecule has 0 aliphatic heterocycles. The van der Waals surface area contributed by atoms with Gasteiger partial charge in [-0.15, -0.1) is 0 Å². The lowest BCUT2D eigenvalue weighted by molar-refractivity contribution is -0.185. The monoisotopic (exact) mass is 419 g/mol. The summed E-state index contributed by atoms with van der Waals surface area (Å²) in [6.07, 6.45) is 4.39. The van der Waals surface area contributed by atoms with Crippen LogP contribution in [0.3, 0.4) is 0 Å². The number of rotatable bonds is 7. The van der Waals surface area contributed by atoms with Crippen LogP contribution in [0.2, 0.25) is 0 Å². The maximum atomic E-state index is 14.4. The van der Waals surface area contributed by atoms with Crippen molar-refractivity contribution >= 4 is 0 Å². The van der Waals surface area contributed by atoms with Crippen molar-refractivity contribution < 1.29 is 22.3 Å². The van der Waals surface area contributed by atoms with Crippen LogP contribution in [0.15, 0.2) is 36.4 Å². The lowest BCUT2D eigenvalue weighted by atomic mass is 9.78. The van der Waals surface area contributed by atoms with Gasteiger partial charge in [0, 0.05) is 12.1 Å². The lowest BCUT2D eigenvalue weighted by Gasteiger charge is -2.27. The minimum absolute atomic E-state index is 0.403. The largest absolute Gasteiger partial charge is 0.429 e. The van der Waals surface area contributed by atoms with Gasteiger partial charge in [0.25, 0.3) is 0 Å². The molecule has 0 unspecified atom stereocenters. The van der Waals surface area contributed by atoms with E-state index in [2.05, 4.69) is 11.7 Å². The van der Waals surface area contributed by atoms with Gasteiger partial charge in [-0.1, -0.05) is 51.2 Å². The van der Waals surface area contributed by atoms with E-state index in [4.69, 9.17) is 5.26 Å². The minimum atomic E-state index is -3.76. The summed E-state index contributed by atoms with van der Waals surface area (Å²) in [5.74, 6) is -1.63. The van der Waals surface area contributed by atoms with Gasteiger partial charge in [-0.05, 0) is 42.4 Å². The summed E-state index contributed by atoms with van der Waals surface area (Å²) in [6, 6.07) is 8.34. The smallest absolute Gasteiger partial charge is 0.426 e. The molecule has 3 rings (SSSR count). The van der Waals surface area contributed by atoms with Crippen LogP contribution in [-0.4, -0.2) is 0 Å². The molecule has 0 saturated heterocycles. The van der Waals surface area contributed by atoms with E-state index in [9.17, 15) is 17.6 Å². The fraction of sp³-hybridized carbons (Fsp3) is 0.458. The van der Waals surface area contributed by atoms with Crippen LogP contribution in [0.5, 0.6) is 5.75 Å². The van der Waals surface area contributed by atoms with Gasteiger partial charge in [0.2, 0.25) is 0 Å². The molecular weight excluding hydrogens is 394 g/mol. The van der Waals surface area contributed by atoms with E-state index in [1.165, 1.54) is 50.3 Å². The first-order valence-electron chi connectivity index (χ1n) is 10.4. The summed E-state index contributed by atoms with van der Waals surface area (Å²) < 4.78 is 60.7. The zero-order chi connectivity index (χ0) is 21.7. The topological polar surface area (TPSA) is 33.0 Å². The first-order chi connectivity index (χ1) is 14.3. The molecule has 2 aromatic rings. The summed E-state index contributed by atoms with van der Waals surface area (Å²) in [4.78, 5) is 0. The van der Waals surface area contributed by atoms with Crippen molar-refractivity contribution in [3.05, 3.63) is 64.7 Å². The molecule has 0 atom stereocenters. The molecule has 0 N–H and O–H groups in total. The predicted octanol–water partition coefficient (Wildman–Crippen LogP) is 7.11. The highest BCUT2D eigenvalue weighted by molar-refractivity contribution is 5.38. The first-order valence-corrected chi connectivity index (χ1v) is 10.4. The number of hydrogen-bond acceptors (Lipinski definition) is 2. The molecule has 2 aromatic carbocycles. The van der Waals surface area contributed by atoms with Gasteiger partial charge in [0.15, 0.2) is 0 Å². The van der Waals surface area contributed by atoms with E-state index in [1.807, 2.05) is 0 Å². The van der Waals surface area contributed by atoms with Crippen molar-refractivity contribution in [1.29, 1.82) is 5.26 Å². The Balaban J connectivity index is 1.60. The number of nitrogens with zero attached hydrogens (tertiary/aromatic N) is 1. The van der Waals surface area contributed by atoms with Gasteiger partial charge in [0.1, 0.15) is 29.0 Å². The molecule has 0 spiro atoms. The highest BCUT2D eigenvalue weighted by Crippen LogP contribution is 2.35. The molecule has 0 heterocycles. The van der Waals surface area contributed by atoms with E-state index >= 15 is 0 Å². The van der Waals surface area contributed by atoms with Crippen LogP contribution in [0, 0.1) is 34.8 Å². The maximum Gasteiger partial charge on any atom is 0.426 e. The molecule has 0 bridgehead atoms. The third kappa shape index (κ3) is 5.33. The van der Waals surface area contributed by atoms with Crippen LogP contribution >= 0.6 is 0 Å². The summed E-state index contributed by atoms with van der Waals surface area (Å²) in [5, 5.41) is 8.66. The summed E-state index contributed by atoms with van der Waals surface area (Å²) >= 11 is 0. The molecule has 30 heavy (non-hydrogen) atoms. The van der Waals surface area contributed by atoms with E-state index in [0.29, 0.717) is 18.1 Å². The third-order valence-corrected chi connectivity index (χ3v) is 6.05. The molecular formula is C24H25F4NO. The molecule has 1 aliphatic rings. The average molecular weight is 419 g/mol. The number of aryl methyl sites for hydroxylation is 1. The van der Waals surface area contributed by atoms with E-state index < -0.39 is 34.6 Å². The highest BCUT2D eigenvalue weighted by atomic mass is 19.3. The molecule has 0 radical (unpaired) electrons. The highest BCUT2D eigenvalue weighted by Gasteiger charge is 2.35. The molecule has 1 saturated carbocycles. The number of ether oxygens (including phenoxy) is 1. The zero-order valence-electron chi connectivity index (χ0n) is 16.9. The molecule has 0 aromatic heterocycles. The van der Waals surface area contributed by atoms with E-state index in [1.54, 1.807) is 12.1 Å². The fourth-order valence-corrected chi connectivity index (χ4v) is 4.09. The molecule has 1 aliphatic carbocycles. The van der Waals surface area contributed by atoms with Crippen molar-refractivity contribution in [2.45, 2.75) is 58.0 Å². The first kappa shape index (κ1) is 22.1. The average Bonchev–Trinajstić information content (AvgIpc) is 2.72. The van der Waals surface area contributed by atoms with Crippen molar-refractivity contribution in [2.24, 2.45) is 11.8 Å². The van der Waals surface area contributed by atoms with Crippen molar-refractivity contribution in [3.8, 4) is 11.8 Å². The van der Waals surface area contributed by atoms with Crippen LogP contribution in [0.4, 0.5) is 17.6 Å². The summed E-state index contributed by atoms with van der Waals surface area (Å²) in [7, 11) is 0. The Morgan fingerprint density at radius 2 is 1.57 bits per heavy atom. The maximum absolute atomic E-state index is 14.4. The second kappa shape index (κ2) is 9.51. The normalized spacial score (nSPS) is 19.3. The van der Waals surface area contributed by atoms with Gasteiger partial charge in [-0.3, -0.25) is 0 Å². The quantitative estimate of drug-likeness (QED) is 0.448. The Morgan fingerprint density at radius 3 is 2.10 bits per heavy atom. The van der Waals surface area contributed by atoms with Crippen molar-refractivity contribution in [1.82, 2.24) is 0 Å². The van der Waals surface area contributed by atoms with Crippen molar-refractivity contribution in [2.75, 3.05) is 0 Å². The van der Waals surface area contributed by atoms with Crippen molar-refractivity contribution in [3.63, 3.8) is 0 Å². The number of nitriles is 1. The van der Waals surface area contributed by atoms with Crippen LogP contribution in [0.1, 0.15) is 62.1 Å². The molecule has 6 heteroatoms. The SMILES string of the molecule is CC[C@H]1CC[C@H](CCc2ccc(C(F)(F)Oc3cc(F)c(C#N)c(F)c3)cc2)CC1. The molecule has 1 fully saturated rings. The van der Waals surface area contributed by atoms with Crippen LogP contribution in [-0.2, 0) is 12.5 Å². The Kier molecular flexibility index (Phi) is 7.02. The number of halogens is 4. The van der Waals surface area contributed by atoms with Gasteiger partial charge in [-0.25, -0.2) is 8.78 Å². The van der Waals surface area contributed by atoms with Gasteiger partial charge < -0.3 is 4.74 Å². The third-order valence-electron chi connectivity index (χ3n) is 6.05.